The zero-order valence-electron chi connectivity index (χ0n) is 28.7. The lowest BCUT2D eigenvalue weighted by Gasteiger charge is -2.43. The zero-order valence-corrected chi connectivity index (χ0v) is 30.2. The van der Waals surface area contributed by atoms with E-state index < -0.39 is 29.5 Å². The summed E-state index contributed by atoms with van der Waals surface area (Å²) < 4.78 is 42.0. The molecule has 8 nitrogen and oxygen atoms in total. The van der Waals surface area contributed by atoms with Crippen molar-refractivity contribution in [2.24, 2.45) is 11.8 Å². The third kappa shape index (κ3) is 4.85. The third-order valence-corrected chi connectivity index (χ3v) is 13.6. The molecular weight excluding hydrogens is 707 g/mol. The van der Waals surface area contributed by atoms with Crippen LogP contribution < -0.4 is 5.32 Å². The van der Waals surface area contributed by atoms with Crippen LogP contribution in [0.25, 0.3) is 32.9 Å². The van der Waals surface area contributed by atoms with E-state index in [0.29, 0.717) is 39.9 Å². The molecule has 3 saturated heterocycles. The molecular formula is C40H39Cl2F2N5O3. The molecule has 2 aromatic carbocycles. The van der Waals surface area contributed by atoms with E-state index in [-0.39, 0.29) is 83.1 Å². The molecule has 7 fully saturated rings. The fraction of sp³-hybridized carbons (Fsp3) is 0.525. The van der Waals surface area contributed by atoms with E-state index in [1.165, 1.54) is 0 Å². The highest BCUT2D eigenvalue weighted by Gasteiger charge is 2.63. The first-order valence-electron chi connectivity index (χ1n) is 18.7. The van der Waals surface area contributed by atoms with Crippen molar-refractivity contribution in [3.63, 3.8) is 0 Å². The van der Waals surface area contributed by atoms with Crippen LogP contribution in [0.2, 0.25) is 10.0 Å². The number of halogens is 4. The molecule has 2 N–H and O–H groups in total. The number of aryl methyl sites for hydroxylation is 1. The van der Waals surface area contributed by atoms with Crippen LogP contribution in [-0.4, -0.2) is 62.0 Å². The number of rotatable bonds is 9. The molecule has 3 aliphatic heterocycles. The fourth-order valence-electron chi connectivity index (χ4n) is 10.1. The van der Waals surface area contributed by atoms with Crippen LogP contribution in [0.1, 0.15) is 93.4 Å². The van der Waals surface area contributed by atoms with Gasteiger partial charge < -0.3 is 24.6 Å². The number of piperidine rings is 1. The highest BCUT2D eigenvalue weighted by molar-refractivity contribution is 6.43. The molecule has 12 heteroatoms. The van der Waals surface area contributed by atoms with Crippen LogP contribution >= 0.6 is 23.2 Å². The van der Waals surface area contributed by atoms with Gasteiger partial charge >= 0.3 is 0 Å². The molecule has 0 radical (unpaired) electrons. The van der Waals surface area contributed by atoms with Crippen LogP contribution in [-0.2, 0) is 16.0 Å². The second-order valence-corrected chi connectivity index (χ2v) is 16.8. The van der Waals surface area contributed by atoms with E-state index in [1.807, 2.05) is 17.0 Å². The van der Waals surface area contributed by atoms with Crippen LogP contribution in [0.4, 0.5) is 8.78 Å². The number of benzene rings is 2. The van der Waals surface area contributed by atoms with E-state index in [4.69, 9.17) is 32.9 Å². The van der Waals surface area contributed by atoms with Gasteiger partial charge in [-0.15, -0.1) is 0 Å². The Bertz CT molecular complexity index is 2210. The largest absolute Gasteiger partial charge is 0.387 e. The molecule has 2 aromatic heterocycles. The van der Waals surface area contributed by atoms with Gasteiger partial charge in [-0.1, -0.05) is 35.3 Å². The number of likely N-dealkylation sites (tertiary alicyclic amines) is 1. The van der Waals surface area contributed by atoms with Crippen molar-refractivity contribution in [1.82, 2.24) is 19.8 Å². The second kappa shape index (κ2) is 11.8. The van der Waals surface area contributed by atoms with Gasteiger partial charge in [-0.2, -0.15) is 5.26 Å². The number of hydrogen-bond donors (Lipinski definition) is 2. The molecule has 4 aliphatic carbocycles. The number of aliphatic hydroxyl groups is 1. The van der Waals surface area contributed by atoms with Crippen LogP contribution in [0.5, 0.6) is 0 Å². The van der Waals surface area contributed by atoms with Gasteiger partial charge in [0.2, 0.25) is 0 Å². The predicted octanol–water partition coefficient (Wildman–Crippen LogP) is 8.06. The summed E-state index contributed by atoms with van der Waals surface area (Å²) in [6.07, 6.45) is 4.51. The number of ether oxygens (including phenoxy) is 1. The van der Waals surface area contributed by atoms with Crippen molar-refractivity contribution in [3.8, 4) is 17.2 Å². The van der Waals surface area contributed by atoms with Gasteiger partial charge in [0, 0.05) is 58.6 Å². The van der Waals surface area contributed by atoms with Crippen LogP contribution in [0.15, 0.2) is 30.3 Å². The number of carbonyl (C=O) groups is 1. The topological polar surface area (TPSA) is 103 Å². The molecule has 4 saturated carbocycles. The Morgan fingerprint density at radius 1 is 1.21 bits per heavy atom. The fourth-order valence-corrected chi connectivity index (χ4v) is 10.5. The van der Waals surface area contributed by atoms with Crippen LogP contribution in [0, 0.1) is 29.0 Å². The third-order valence-electron chi connectivity index (χ3n) is 12.8. The number of aliphatic hydroxyl groups excluding tert-OH is 1. The Morgan fingerprint density at radius 2 is 2.02 bits per heavy atom. The maximum atomic E-state index is 17.4. The highest BCUT2D eigenvalue weighted by Crippen LogP contribution is 2.58. The van der Waals surface area contributed by atoms with E-state index in [1.54, 1.807) is 25.1 Å². The minimum atomic E-state index is -1.83. The minimum absolute atomic E-state index is 0.00626. The van der Waals surface area contributed by atoms with Crippen molar-refractivity contribution >= 4 is 50.9 Å². The summed E-state index contributed by atoms with van der Waals surface area (Å²) in [7, 11) is 0. The first kappa shape index (κ1) is 33.3. The Kier molecular flexibility index (Phi) is 7.57. The number of nitrogens with zero attached hydrogens (tertiary/aromatic N) is 4. The molecule has 5 heterocycles. The van der Waals surface area contributed by atoms with Gasteiger partial charge in [0.1, 0.15) is 5.52 Å². The molecule has 4 bridgehead atoms. The van der Waals surface area contributed by atoms with Gasteiger partial charge in [0.25, 0.3) is 5.91 Å². The van der Waals surface area contributed by atoms with Crippen molar-refractivity contribution < 1.29 is 23.4 Å². The normalized spacial score (nSPS) is 30.2. The molecule has 1 amide bonds. The van der Waals surface area contributed by atoms with Crippen molar-refractivity contribution in [3.05, 3.63) is 63.1 Å². The Morgan fingerprint density at radius 3 is 2.69 bits per heavy atom. The first-order valence-corrected chi connectivity index (χ1v) is 19.4. The lowest BCUT2D eigenvalue weighted by molar-refractivity contribution is -0.146. The number of hydrogen-bond acceptors (Lipinski definition) is 6. The molecule has 270 valence electrons. The molecule has 0 unspecified atom stereocenters. The number of nitrogens with one attached hydrogen (secondary N) is 1. The van der Waals surface area contributed by atoms with Gasteiger partial charge in [-0.3, -0.25) is 4.79 Å². The van der Waals surface area contributed by atoms with E-state index in [2.05, 4.69) is 16.0 Å². The summed E-state index contributed by atoms with van der Waals surface area (Å²) in [4.78, 5) is 20.8. The zero-order chi connectivity index (χ0) is 35.8. The molecule has 11 rings (SSSR count). The molecule has 4 aromatic rings. The number of pyridine rings is 1. The summed E-state index contributed by atoms with van der Waals surface area (Å²) in [5, 5.41) is 26.3. The monoisotopic (exact) mass is 745 g/mol. The van der Waals surface area contributed by atoms with Gasteiger partial charge in [0.05, 0.1) is 57.7 Å². The predicted molar refractivity (Wildman–Crippen MR) is 193 cm³/mol. The second-order valence-electron chi connectivity index (χ2n) is 16.0. The molecule has 8 atom stereocenters. The van der Waals surface area contributed by atoms with Crippen molar-refractivity contribution in [2.75, 3.05) is 6.54 Å². The number of nitriles is 1. The van der Waals surface area contributed by atoms with Gasteiger partial charge in [-0.05, 0) is 88.0 Å². The first-order chi connectivity index (χ1) is 25.1. The SMILES string of the molecule is C[C@@H](O)c1nc2c(F)c(-c3cccc(Cl)c3Cl)c(CCC#N)cc2c2c1cc([C@H]1[C@H]3C[C@H](C[C@@H]3OC3CC3)N1C(=O)C1(F)CC1)n2[C@H]1[C@H]2CN[C@@H]1C2. The lowest BCUT2D eigenvalue weighted by atomic mass is 9.79. The van der Waals surface area contributed by atoms with Crippen molar-refractivity contribution in [1.29, 1.82) is 5.26 Å². The van der Waals surface area contributed by atoms with Crippen molar-refractivity contribution in [2.45, 2.75) is 113 Å². The molecule has 7 aliphatic rings. The number of aromatic nitrogens is 2. The molecule has 52 heavy (non-hydrogen) atoms. The highest BCUT2D eigenvalue weighted by atomic mass is 35.5. The number of fused-ring (bicyclic) bond motifs is 6. The Labute approximate surface area is 310 Å². The van der Waals surface area contributed by atoms with Gasteiger partial charge in [-0.25, -0.2) is 13.8 Å². The minimum Gasteiger partial charge on any atom is -0.387 e. The Hall–Kier alpha value is -3.33. The lowest BCUT2D eigenvalue weighted by Crippen LogP contribution is -2.49. The summed E-state index contributed by atoms with van der Waals surface area (Å²) >= 11 is 13.1. The van der Waals surface area contributed by atoms with E-state index in [0.717, 1.165) is 43.4 Å². The van der Waals surface area contributed by atoms with Crippen LogP contribution in [0.3, 0.4) is 0 Å². The smallest absolute Gasteiger partial charge is 0.261 e. The summed E-state index contributed by atoms with van der Waals surface area (Å²) in [6, 6.07) is 10.8. The quantitative estimate of drug-likeness (QED) is 0.180. The molecule has 0 spiro atoms. The summed E-state index contributed by atoms with van der Waals surface area (Å²) in [5.74, 6) is -0.764. The average molecular weight is 747 g/mol. The van der Waals surface area contributed by atoms with Gasteiger partial charge in [0.15, 0.2) is 11.5 Å². The standard InChI is InChI=1S/C40H39Cl2F2N5O3/c1-18(50)34-26-16-29(38-24-14-21(15-30(24)52-22-7-8-22)48(38)39(51)40(44)9-10-40)49(36-20-13-28(36)46-17-20)37(26)25-12-19(4-3-11-45)31(33(43)35(25)47-34)23-5-2-6-27(41)32(23)42/h2,5-6,12,16,18,20-22,24,28,30,36,38,46,50H,3-4,7-10,13-15,17H2,1H3/t18-,20-,21-,24+,28-,30+,36+,38-/m1/s1. The number of alkyl halides is 1. The number of carbonyl (C=O) groups excluding carboxylic acids is 1. The summed E-state index contributed by atoms with van der Waals surface area (Å²) in [6.45, 7) is 2.46. The number of amides is 1. The Balaban J connectivity index is 1.26. The maximum Gasteiger partial charge on any atom is 0.261 e. The van der Waals surface area contributed by atoms with E-state index in [9.17, 15) is 15.2 Å². The summed E-state index contributed by atoms with van der Waals surface area (Å²) in [5.41, 5.74) is 1.39. The van der Waals surface area contributed by atoms with E-state index >= 15 is 8.78 Å². The maximum absolute atomic E-state index is 17.4. The average Bonchev–Trinajstić information content (AvgIpc) is 3.71.